The van der Waals surface area contributed by atoms with E-state index >= 15 is 0 Å². The summed E-state index contributed by atoms with van der Waals surface area (Å²) in [6.45, 7) is 8.82. The molecule has 214 valence electrons. The highest BCUT2D eigenvalue weighted by atomic mass is 19.1. The van der Waals surface area contributed by atoms with Crippen LogP contribution in [0.5, 0.6) is 0 Å². The number of fused-ring (bicyclic) bond motifs is 1. The summed E-state index contributed by atoms with van der Waals surface area (Å²) in [4.78, 5) is 13.5. The molecule has 1 aliphatic carbocycles. The van der Waals surface area contributed by atoms with E-state index in [1.807, 2.05) is 29.9 Å². The van der Waals surface area contributed by atoms with Crippen molar-refractivity contribution in [3.8, 4) is 17.2 Å². The van der Waals surface area contributed by atoms with Gasteiger partial charge < -0.3 is 10.6 Å². The highest BCUT2D eigenvalue weighted by Gasteiger charge is 2.34. The minimum atomic E-state index is -1.37. The molecule has 11 heteroatoms. The van der Waals surface area contributed by atoms with Gasteiger partial charge in [0, 0.05) is 47.3 Å². The number of hydrogen-bond acceptors (Lipinski definition) is 8. The maximum atomic E-state index is 14.0. The van der Waals surface area contributed by atoms with Crippen LogP contribution in [0.1, 0.15) is 62.3 Å². The first-order chi connectivity index (χ1) is 20.5. The fourth-order valence-corrected chi connectivity index (χ4v) is 4.96. The van der Waals surface area contributed by atoms with Crippen LogP contribution in [-0.4, -0.2) is 44.3 Å². The summed E-state index contributed by atoms with van der Waals surface area (Å²) in [5.74, 6) is 0.274. The van der Waals surface area contributed by atoms with E-state index in [2.05, 4.69) is 57.8 Å². The van der Waals surface area contributed by atoms with E-state index in [1.165, 1.54) is 12.1 Å². The second kappa shape index (κ2) is 10.8. The molecule has 0 bridgehead atoms. The lowest BCUT2D eigenvalue weighted by atomic mass is 9.69. The highest BCUT2D eigenvalue weighted by Crippen LogP contribution is 2.40. The lowest BCUT2D eigenvalue weighted by Gasteiger charge is -2.32. The van der Waals surface area contributed by atoms with Crippen LogP contribution in [-0.2, 0) is 5.44 Å². The number of pyridine rings is 1. The van der Waals surface area contributed by atoms with Gasteiger partial charge in [0.25, 0.3) is 0 Å². The molecule has 5 aromatic rings. The number of aromatic nitrogens is 6. The number of hydrogen-bond donors (Lipinski definition) is 2. The Morgan fingerprint density at radius 3 is 2.44 bits per heavy atom. The van der Waals surface area contributed by atoms with Gasteiger partial charge in [-0.2, -0.15) is 5.26 Å². The van der Waals surface area contributed by atoms with Crippen molar-refractivity contribution in [1.29, 1.82) is 5.26 Å². The van der Waals surface area contributed by atoms with Crippen molar-refractivity contribution in [2.75, 3.05) is 17.2 Å². The zero-order valence-electron chi connectivity index (χ0n) is 24.6. The Kier molecular flexibility index (Phi) is 7.08. The van der Waals surface area contributed by atoms with E-state index in [0.717, 1.165) is 29.4 Å². The van der Waals surface area contributed by atoms with Crippen molar-refractivity contribution >= 4 is 30.1 Å². The number of halogens is 1. The molecule has 3 heterocycles. The monoisotopic (exact) mass is 571 g/mol. The van der Waals surface area contributed by atoms with Crippen LogP contribution in [0.4, 0.5) is 15.8 Å². The summed E-state index contributed by atoms with van der Waals surface area (Å²) in [5, 5.41) is 26.5. The fraction of sp³-hybridized carbons (Fsp3) is 0.312. The molecule has 2 radical (unpaired) electrons. The lowest BCUT2D eigenvalue weighted by molar-refractivity contribution is 0.443. The summed E-state index contributed by atoms with van der Waals surface area (Å²) in [6.07, 6.45) is 9.00. The van der Waals surface area contributed by atoms with Crippen molar-refractivity contribution in [2.45, 2.75) is 52.0 Å². The minimum Gasteiger partial charge on any atom is -0.383 e. The first-order valence-electron chi connectivity index (χ1n) is 14.2. The van der Waals surface area contributed by atoms with Crippen LogP contribution in [0.2, 0.25) is 0 Å². The molecular formula is C32H31BFN9. The Morgan fingerprint density at radius 2 is 1.79 bits per heavy atom. The molecule has 0 spiro atoms. The Morgan fingerprint density at radius 1 is 1.07 bits per heavy atom. The van der Waals surface area contributed by atoms with Crippen LogP contribution < -0.4 is 10.6 Å². The van der Waals surface area contributed by atoms with E-state index in [1.54, 1.807) is 30.7 Å². The SMILES string of the molecule is [B]C(Nc1cc(-c2cnc(C)nc2)c2ncc(C#N)c(NCC(C)(C)C)c2c1)(c1ccc(F)cc1)c1cn(C2CC2)nn1. The molecule has 2 aromatic carbocycles. The van der Waals surface area contributed by atoms with Gasteiger partial charge in [0.1, 0.15) is 31.3 Å². The summed E-state index contributed by atoms with van der Waals surface area (Å²) >= 11 is 0. The zero-order chi connectivity index (χ0) is 30.4. The van der Waals surface area contributed by atoms with E-state index in [-0.39, 0.29) is 11.2 Å². The van der Waals surface area contributed by atoms with E-state index < -0.39 is 5.44 Å². The van der Waals surface area contributed by atoms with Crippen LogP contribution in [0, 0.1) is 29.5 Å². The number of benzene rings is 2. The second-order valence-corrected chi connectivity index (χ2v) is 12.3. The van der Waals surface area contributed by atoms with Gasteiger partial charge in [0.15, 0.2) is 0 Å². The number of rotatable bonds is 8. The van der Waals surface area contributed by atoms with Crippen molar-refractivity contribution in [2.24, 2.45) is 5.41 Å². The first kappa shape index (κ1) is 28.3. The van der Waals surface area contributed by atoms with Gasteiger partial charge >= 0.3 is 0 Å². The fourth-order valence-electron chi connectivity index (χ4n) is 4.96. The molecule has 0 saturated heterocycles. The number of nitriles is 1. The molecule has 6 rings (SSSR count). The maximum Gasteiger partial charge on any atom is 0.125 e. The third kappa shape index (κ3) is 5.78. The highest BCUT2D eigenvalue weighted by molar-refractivity contribution is 6.19. The molecular weight excluding hydrogens is 540 g/mol. The molecule has 1 atom stereocenters. The molecule has 1 saturated carbocycles. The molecule has 1 unspecified atom stereocenters. The molecule has 43 heavy (non-hydrogen) atoms. The average molecular weight is 571 g/mol. The van der Waals surface area contributed by atoms with Crippen molar-refractivity contribution < 1.29 is 4.39 Å². The average Bonchev–Trinajstić information content (AvgIpc) is 3.71. The molecule has 0 aliphatic heterocycles. The van der Waals surface area contributed by atoms with Crippen LogP contribution in [0.15, 0.2) is 61.2 Å². The maximum absolute atomic E-state index is 14.0. The number of nitrogens with zero attached hydrogens (tertiary/aromatic N) is 7. The molecule has 0 amide bonds. The summed E-state index contributed by atoms with van der Waals surface area (Å²) < 4.78 is 15.8. The second-order valence-electron chi connectivity index (χ2n) is 12.3. The number of nitrogens with one attached hydrogen (secondary N) is 2. The first-order valence-corrected chi connectivity index (χ1v) is 14.2. The van der Waals surface area contributed by atoms with Crippen LogP contribution >= 0.6 is 0 Å². The zero-order valence-corrected chi connectivity index (χ0v) is 24.6. The van der Waals surface area contributed by atoms with Gasteiger partial charge in [0.05, 0.1) is 34.4 Å². The van der Waals surface area contributed by atoms with Crippen molar-refractivity contribution in [3.05, 3.63) is 89.6 Å². The Balaban J connectivity index is 1.55. The summed E-state index contributed by atoms with van der Waals surface area (Å²) in [6, 6.07) is 12.5. The molecule has 1 aliphatic rings. The third-order valence-electron chi connectivity index (χ3n) is 7.46. The molecule has 3 aromatic heterocycles. The normalized spacial score (nSPS) is 14.7. The Hall–Kier alpha value is -4.85. The third-order valence-corrected chi connectivity index (χ3v) is 7.46. The van der Waals surface area contributed by atoms with Gasteiger partial charge in [-0.05, 0) is 55.0 Å². The number of aryl methyl sites for hydroxylation is 1. The standard InChI is InChI=1S/C32H31BFN9/c1-19-36-15-21(16-37-19)26-11-24(12-27-29(39-18-31(2,3)4)20(13-35)14-38-30(26)27)40-32(33,22-5-7-23(34)8-6-22)28-17-43(42-41-28)25-9-10-25/h5-8,11-12,14-17,25,40H,9-10,18H2,1-4H3,(H,38,39). The summed E-state index contributed by atoms with van der Waals surface area (Å²) in [5.41, 5.74) is 3.59. The van der Waals surface area contributed by atoms with Gasteiger partial charge in [0.2, 0.25) is 0 Å². The predicted molar refractivity (Wildman–Crippen MR) is 165 cm³/mol. The molecule has 1 fully saturated rings. The van der Waals surface area contributed by atoms with Crippen molar-refractivity contribution in [3.63, 3.8) is 0 Å². The lowest BCUT2D eigenvalue weighted by Crippen LogP contribution is -2.37. The minimum absolute atomic E-state index is 0.0474. The molecule has 2 N–H and O–H groups in total. The summed E-state index contributed by atoms with van der Waals surface area (Å²) in [7, 11) is 7.16. The smallest absolute Gasteiger partial charge is 0.125 e. The topological polar surface area (TPSA) is 117 Å². The van der Waals surface area contributed by atoms with E-state index in [9.17, 15) is 9.65 Å². The quantitative estimate of drug-likeness (QED) is 0.222. The van der Waals surface area contributed by atoms with Crippen molar-refractivity contribution in [1.82, 2.24) is 29.9 Å². The molecule has 9 nitrogen and oxygen atoms in total. The predicted octanol–water partition coefficient (Wildman–Crippen LogP) is 5.88. The van der Waals surface area contributed by atoms with Gasteiger partial charge in [-0.3, -0.25) is 4.98 Å². The van der Waals surface area contributed by atoms with Crippen LogP contribution in [0.3, 0.4) is 0 Å². The Labute approximate surface area is 251 Å². The van der Waals surface area contributed by atoms with Gasteiger partial charge in [-0.25, -0.2) is 19.0 Å². The van der Waals surface area contributed by atoms with E-state index in [4.69, 9.17) is 12.8 Å². The van der Waals surface area contributed by atoms with Gasteiger partial charge in [-0.1, -0.05) is 38.1 Å². The largest absolute Gasteiger partial charge is 0.383 e. The van der Waals surface area contributed by atoms with E-state index in [0.29, 0.717) is 52.1 Å². The Bertz CT molecular complexity index is 1840. The number of anilines is 2. The van der Waals surface area contributed by atoms with Crippen LogP contribution in [0.25, 0.3) is 22.0 Å². The van der Waals surface area contributed by atoms with Gasteiger partial charge in [-0.15, -0.1) is 5.10 Å².